The Hall–Kier alpha value is -3.00. The predicted octanol–water partition coefficient (Wildman–Crippen LogP) is 2.08. The lowest BCUT2D eigenvalue weighted by molar-refractivity contribution is -0.121. The first-order chi connectivity index (χ1) is 12.7. The molecular formula is C19H18N2O5S. The van der Waals surface area contributed by atoms with Crippen LogP contribution in [0.25, 0.3) is 0 Å². The van der Waals surface area contributed by atoms with Gasteiger partial charge in [-0.2, -0.15) is 0 Å². The molecule has 2 aromatic carbocycles. The average Bonchev–Trinajstić information content (AvgIpc) is 2.95. The van der Waals surface area contributed by atoms with Gasteiger partial charge in [-0.15, -0.1) is 0 Å². The van der Waals surface area contributed by atoms with Crippen LogP contribution in [-0.2, 0) is 19.6 Å². The summed E-state index contributed by atoms with van der Waals surface area (Å²) < 4.78 is 27.2. The molecule has 1 fully saturated rings. The highest BCUT2D eigenvalue weighted by atomic mass is 32.2. The van der Waals surface area contributed by atoms with Crippen LogP contribution < -0.4 is 9.62 Å². The molecule has 0 bridgehead atoms. The maximum atomic E-state index is 12.6. The first-order valence-corrected chi connectivity index (χ1v) is 9.77. The molecule has 2 aromatic rings. The standard InChI is InChI=1S/C19H18N2O5S/c1-12-6-7-13(2)16(10-12)27(25,26)20-19(24)14-4-3-5-15(11-14)21-17(22)8-9-18(21)23/h3-7,10-11H,8-9H2,1-2H3,(H,20,24). The second kappa shape index (κ2) is 6.96. The zero-order valence-corrected chi connectivity index (χ0v) is 15.7. The molecule has 3 amide bonds. The van der Waals surface area contributed by atoms with Crippen LogP contribution in [0.5, 0.6) is 0 Å². The number of nitrogens with one attached hydrogen (secondary N) is 1. The van der Waals surface area contributed by atoms with Crippen LogP contribution >= 0.6 is 0 Å². The van der Waals surface area contributed by atoms with Gasteiger partial charge in [0.1, 0.15) is 0 Å². The molecule has 0 spiro atoms. The summed E-state index contributed by atoms with van der Waals surface area (Å²) in [6, 6.07) is 10.7. The van der Waals surface area contributed by atoms with Crippen molar-refractivity contribution in [3.63, 3.8) is 0 Å². The molecule has 1 aliphatic rings. The van der Waals surface area contributed by atoms with Gasteiger partial charge in [-0.05, 0) is 49.2 Å². The van der Waals surface area contributed by atoms with Gasteiger partial charge in [0.25, 0.3) is 15.9 Å². The molecule has 0 saturated carbocycles. The van der Waals surface area contributed by atoms with E-state index in [1.54, 1.807) is 26.0 Å². The molecular weight excluding hydrogens is 368 g/mol. The molecule has 1 aliphatic heterocycles. The number of hydrogen-bond donors (Lipinski definition) is 1. The second-order valence-corrected chi connectivity index (χ2v) is 8.03. The molecule has 0 atom stereocenters. The van der Waals surface area contributed by atoms with Crippen molar-refractivity contribution in [2.24, 2.45) is 0 Å². The van der Waals surface area contributed by atoms with Gasteiger partial charge in [-0.25, -0.2) is 13.1 Å². The van der Waals surface area contributed by atoms with Gasteiger partial charge in [-0.1, -0.05) is 18.2 Å². The van der Waals surface area contributed by atoms with E-state index in [0.29, 0.717) is 5.56 Å². The normalized spacial score (nSPS) is 14.5. The van der Waals surface area contributed by atoms with E-state index < -0.39 is 15.9 Å². The van der Waals surface area contributed by atoms with Crippen LogP contribution in [0.1, 0.15) is 34.3 Å². The van der Waals surface area contributed by atoms with Crippen LogP contribution in [0.3, 0.4) is 0 Å². The summed E-state index contributed by atoms with van der Waals surface area (Å²) >= 11 is 0. The first-order valence-electron chi connectivity index (χ1n) is 8.29. The van der Waals surface area contributed by atoms with Crippen molar-refractivity contribution in [1.29, 1.82) is 0 Å². The molecule has 0 aliphatic carbocycles. The third-order valence-corrected chi connectivity index (χ3v) is 5.75. The summed E-state index contributed by atoms with van der Waals surface area (Å²) in [6.45, 7) is 3.40. The predicted molar refractivity (Wildman–Crippen MR) is 98.7 cm³/mol. The van der Waals surface area contributed by atoms with Crippen molar-refractivity contribution in [3.8, 4) is 0 Å². The number of carbonyl (C=O) groups excluding carboxylic acids is 3. The Balaban J connectivity index is 1.88. The average molecular weight is 386 g/mol. The van der Waals surface area contributed by atoms with Gasteiger partial charge in [0.15, 0.2) is 0 Å². The minimum absolute atomic E-state index is 0.0249. The van der Waals surface area contributed by atoms with Crippen molar-refractivity contribution < 1.29 is 22.8 Å². The smallest absolute Gasteiger partial charge is 0.265 e. The van der Waals surface area contributed by atoms with Crippen molar-refractivity contribution in [3.05, 3.63) is 59.2 Å². The Morgan fingerprint density at radius 2 is 1.67 bits per heavy atom. The number of amides is 3. The summed E-state index contributed by atoms with van der Waals surface area (Å²) in [5.74, 6) is -1.53. The SMILES string of the molecule is Cc1ccc(C)c(S(=O)(=O)NC(=O)c2cccc(N3C(=O)CCC3=O)c2)c1. The van der Waals surface area contributed by atoms with E-state index in [1.165, 1.54) is 30.3 Å². The summed E-state index contributed by atoms with van der Waals surface area (Å²) in [6.07, 6.45) is 0.243. The third-order valence-electron chi connectivity index (χ3n) is 4.28. The van der Waals surface area contributed by atoms with E-state index in [4.69, 9.17) is 0 Å². The first kappa shape index (κ1) is 18.8. The number of hydrogen-bond acceptors (Lipinski definition) is 5. The number of benzene rings is 2. The Bertz CT molecular complexity index is 1040. The van der Waals surface area contributed by atoms with E-state index in [2.05, 4.69) is 0 Å². The van der Waals surface area contributed by atoms with Crippen molar-refractivity contribution in [2.45, 2.75) is 31.6 Å². The summed E-state index contributed by atoms with van der Waals surface area (Å²) in [5.41, 5.74) is 1.55. The van der Waals surface area contributed by atoms with Crippen molar-refractivity contribution in [2.75, 3.05) is 4.90 Å². The number of sulfonamides is 1. The van der Waals surface area contributed by atoms with E-state index in [0.717, 1.165) is 10.5 Å². The number of carbonyl (C=O) groups is 3. The van der Waals surface area contributed by atoms with Crippen LogP contribution in [0.15, 0.2) is 47.4 Å². The minimum Gasteiger partial charge on any atom is -0.274 e. The van der Waals surface area contributed by atoms with E-state index in [9.17, 15) is 22.8 Å². The molecule has 7 nitrogen and oxygen atoms in total. The number of rotatable bonds is 4. The van der Waals surface area contributed by atoms with Crippen LogP contribution in [-0.4, -0.2) is 26.1 Å². The summed E-state index contributed by atoms with van der Waals surface area (Å²) in [7, 11) is -4.06. The molecule has 1 heterocycles. The number of nitrogens with zero attached hydrogens (tertiary/aromatic N) is 1. The fourth-order valence-electron chi connectivity index (χ4n) is 2.88. The lowest BCUT2D eigenvalue weighted by Crippen LogP contribution is -2.32. The lowest BCUT2D eigenvalue weighted by Gasteiger charge is -2.15. The zero-order chi connectivity index (χ0) is 19.8. The molecule has 8 heteroatoms. The zero-order valence-electron chi connectivity index (χ0n) is 14.9. The van der Waals surface area contributed by atoms with Gasteiger partial charge < -0.3 is 0 Å². The Morgan fingerprint density at radius 3 is 2.33 bits per heavy atom. The molecule has 1 N–H and O–H groups in total. The molecule has 3 rings (SSSR count). The van der Waals surface area contributed by atoms with E-state index in [1.807, 2.05) is 4.72 Å². The molecule has 1 saturated heterocycles. The van der Waals surface area contributed by atoms with Gasteiger partial charge in [0.2, 0.25) is 11.8 Å². The maximum Gasteiger partial charge on any atom is 0.265 e. The fourth-order valence-corrected chi connectivity index (χ4v) is 4.19. The van der Waals surface area contributed by atoms with Gasteiger partial charge in [-0.3, -0.25) is 19.3 Å². The highest BCUT2D eigenvalue weighted by Gasteiger charge is 2.30. The third kappa shape index (κ3) is 3.75. The van der Waals surface area contributed by atoms with Crippen molar-refractivity contribution >= 4 is 33.4 Å². The molecule has 0 unspecified atom stereocenters. The molecule has 140 valence electrons. The van der Waals surface area contributed by atoms with Crippen LogP contribution in [0.2, 0.25) is 0 Å². The quantitative estimate of drug-likeness (QED) is 0.811. The van der Waals surface area contributed by atoms with Crippen LogP contribution in [0, 0.1) is 13.8 Å². The molecule has 0 aromatic heterocycles. The highest BCUT2D eigenvalue weighted by molar-refractivity contribution is 7.90. The largest absolute Gasteiger partial charge is 0.274 e. The van der Waals surface area contributed by atoms with Gasteiger partial charge in [0.05, 0.1) is 10.6 Å². The maximum absolute atomic E-state index is 12.6. The van der Waals surface area contributed by atoms with Gasteiger partial charge >= 0.3 is 0 Å². The van der Waals surface area contributed by atoms with Crippen LogP contribution in [0.4, 0.5) is 5.69 Å². The monoisotopic (exact) mass is 386 g/mol. The Morgan fingerprint density at radius 1 is 1.00 bits per heavy atom. The second-order valence-electron chi connectivity index (χ2n) is 6.38. The molecule has 0 radical (unpaired) electrons. The van der Waals surface area contributed by atoms with E-state index in [-0.39, 0.29) is 40.8 Å². The van der Waals surface area contributed by atoms with Gasteiger partial charge in [0, 0.05) is 18.4 Å². The Kier molecular flexibility index (Phi) is 4.84. The summed E-state index contributed by atoms with van der Waals surface area (Å²) in [4.78, 5) is 37.2. The van der Waals surface area contributed by atoms with Crippen molar-refractivity contribution in [1.82, 2.24) is 4.72 Å². The summed E-state index contributed by atoms with van der Waals surface area (Å²) in [5, 5.41) is 0. The highest BCUT2D eigenvalue weighted by Crippen LogP contribution is 2.24. The molecule has 27 heavy (non-hydrogen) atoms. The lowest BCUT2D eigenvalue weighted by atomic mass is 10.2. The number of aryl methyl sites for hydroxylation is 2. The minimum atomic E-state index is -4.06. The topological polar surface area (TPSA) is 101 Å². The number of imide groups is 1. The Labute approximate surface area is 157 Å². The number of anilines is 1. The fraction of sp³-hybridized carbons (Fsp3) is 0.211. The van der Waals surface area contributed by atoms with E-state index >= 15 is 0 Å².